The molecule has 1 atom stereocenters. The molecule has 1 amide bonds. The van der Waals surface area contributed by atoms with Gasteiger partial charge >= 0.3 is 0 Å². The molecule has 1 aliphatic rings. The van der Waals surface area contributed by atoms with Gasteiger partial charge in [-0.05, 0) is 66.1 Å². The summed E-state index contributed by atoms with van der Waals surface area (Å²) in [5.74, 6) is 0.132. The molecule has 180 valence electrons. The number of rotatable bonds is 8. The summed E-state index contributed by atoms with van der Waals surface area (Å²) in [6.45, 7) is 3.67. The second-order valence-corrected chi connectivity index (χ2v) is 9.60. The number of aliphatic hydroxyl groups excluding tert-OH is 1. The summed E-state index contributed by atoms with van der Waals surface area (Å²) in [6.07, 6.45) is 4.11. The van der Waals surface area contributed by atoms with Gasteiger partial charge in [-0.25, -0.2) is 0 Å². The number of aryl methyl sites for hydroxylation is 1. The van der Waals surface area contributed by atoms with E-state index >= 15 is 0 Å². The average Bonchev–Trinajstić information content (AvgIpc) is 3.18. The number of benzene rings is 2. The van der Waals surface area contributed by atoms with Gasteiger partial charge in [0.15, 0.2) is 6.10 Å². The lowest BCUT2D eigenvalue weighted by atomic mass is 10.1. The van der Waals surface area contributed by atoms with Crippen molar-refractivity contribution in [2.45, 2.75) is 25.4 Å². The van der Waals surface area contributed by atoms with E-state index in [1.54, 1.807) is 41.2 Å². The molecule has 1 aromatic heterocycles. The van der Waals surface area contributed by atoms with Crippen LogP contribution in [0.4, 0.5) is 5.69 Å². The molecule has 34 heavy (non-hydrogen) atoms. The Labute approximate surface area is 212 Å². The zero-order valence-electron chi connectivity index (χ0n) is 19.0. The molecule has 1 aliphatic heterocycles. The van der Waals surface area contributed by atoms with Crippen LogP contribution in [0.2, 0.25) is 5.02 Å². The molecule has 1 unspecified atom stereocenters. The summed E-state index contributed by atoms with van der Waals surface area (Å²) in [4.78, 5) is 15.2. The largest absolute Gasteiger partial charge is 0.492 e. The molecule has 0 spiro atoms. The fourth-order valence-corrected chi connectivity index (χ4v) is 4.95. The number of hydrogen-bond acceptors (Lipinski definition) is 5. The lowest BCUT2D eigenvalue weighted by molar-refractivity contribution is -0.124. The highest BCUT2D eigenvalue weighted by Crippen LogP contribution is 2.37. The number of carbonyl (C=O) groups excluding carboxylic acids is 1. The quantitative estimate of drug-likeness (QED) is 0.413. The van der Waals surface area contributed by atoms with Crippen molar-refractivity contribution in [2.24, 2.45) is 7.05 Å². The topological polar surface area (TPSA) is 79.6 Å². The number of aliphatic hydroxyl groups is 1. The Hall–Kier alpha value is -2.39. The molecule has 2 heterocycles. The second kappa shape index (κ2) is 11.4. The van der Waals surface area contributed by atoms with E-state index in [4.69, 9.17) is 16.3 Å². The Balaban J connectivity index is 1.54. The lowest BCUT2D eigenvalue weighted by Crippen LogP contribution is -2.33. The van der Waals surface area contributed by atoms with Crippen LogP contribution in [0, 0.1) is 0 Å². The maximum Gasteiger partial charge on any atom is 0.257 e. The predicted octanol–water partition coefficient (Wildman–Crippen LogP) is 5.04. The first-order chi connectivity index (χ1) is 16.4. The molecule has 9 heteroatoms. The number of halogens is 2. The normalized spacial score (nSPS) is 15.2. The van der Waals surface area contributed by atoms with E-state index < -0.39 is 12.0 Å². The SMILES string of the molecule is Cn1ncc(Br)c1-c1cc(NC(=O)C(O)c2ccccc2Cl)ccc1OCCN1CCCCC1. The number of nitrogens with zero attached hydrogens (tertiary/aromatic N) is 3. The van der Waals surface area contributed by atoms with Gasteiger partial charge < -0.3 is 15.2 Å². The minimum Gasteiger partial charge on any atom is -0.492 e. The van der Waals surface area contributed by atoms with Gasteiger partial charge in [0.2, 0.25) is 0 Å². The Morgan fingerprint density at radius 2 is 2.00 bits per heavy atom. The number of nitrogens with one attached hydrogen (secondary N) is 1. The Bertz CT molecular complexity index is 1130. The van der Waals surface area contributed by atoms with Crippen molar-refractivity contribution in [1.29, 1.82) is 0 Å². The monoisotopic (exact) mass is 546 g/mol. The van der Waals surface area contributed by atoms with Crippen molar-refractivity contribution in [2.75, 3.05) is 31.6 Å². The molecule has 1 fully saturated rings. The molecular formula is C25H28BrClN4O3. The number of likely N-dealkylation sites (tertiary alicyclic amines) is 1. The first kappa shape index (κ1) is 24.7. The Kier molecular flexibility index (Phi) is 8.26. The fraction of sp³-hybridized carbons (Fsp3) is 0.360. The highest BCUT2D eigenvalue weighted by molar-refractivity contribution is 9.10. The molecule has 2 N–H and O–H groups in total. The van der Waals surface area contributed by atoms with Crippen LogP contribution in [0.15, 0.2) is 53.1 Å². The van der Waals surface area contributed by atoms with E-state index in [0.717, 1.165) is 35.4 Å². The van der Waals surface area contributed by atoms with E-state index in [1.807, 2.05) is 19.2 Å². The van der Waals surface area contributed by atoms with Gasteiger partial charge in [-0.3, -0.25) is 14.4 Å². The van der Waals surface area contributed by atoms with Gasteiger partial charge in [0.25, 0.3) is 5.91 Å². The molecule has 2 aromatic carbocycles. The molecule has 0 bridgehead atoms. The Morgan fingerprint density at radius 3 is 2.71 bits per heavy atom. The van der Waals surface area contributed by atoms with Crippen molar-refractivity contribution in [3.63, 3.8) is 0 Å². The molecule has 4 rings (SSSR count). The van der Waals surface area contributed by atoms with Gasteiger partial charge in [-0.1, -0.05) is 36.2 Å². The minimum atomic E-state index is -1.39. The van der Waals surface area contributed by atoms with Crippen LogP contribution in [0.3, 0.4) is 0 Å². The van der Waals surface area contributed by atoms with Crippen LogP contribution in [0.5, 0.6) is 5.75 Å². The molecule has 0 saturated carbocycles. The van der Waals surface area contributed by atoms with Crippen molar-refractivity contribution in [3.8, 4) is 17.0 Å². The number of carbonyl (C=O) groups is 1. The van der Waals surface area contributed by atoms with E-state index in [9.17, 15) is 9.90 Å². The average molecular weight is 548 g/mol. The second-order valence-electron chi connectivity index (χ2n) is 8.34. The van der Waals surface area contributed by atoms with Crippen molar-refractivity contribution in [3.05, 3.63) is 63.7 Å². The standard InChI is InChI=1S/C25H28BrClN4O3/c1-30-23(20(26)16-28-30)19-15-17(29-25(33)24(32)18-7-3-4-8-21(18)27)9-10-22(19)34-14-13-31-11-5-2-6-12-31/h3-4,7-10,15-16,24,32H,2,5-6,11-14H2,1H3,(H,29,33). The first-order valence-electron chi connectivity index (χ1n) is 11.3. The van der Waals surface area contributed by atoms with E-state index in [0.29, 0.717) is 28.6 Å². The van der Waals surface area contributed by atoms with E-state index in [1.165, 1.54) is 19.3 Å². The van der Waals surface area contributed by atoms with Crippen molar-refractivity contribution >= 4 is 39.1 Å². The maximum absolute atomic E-state index is 12.7. The summed E-state index contributed by atoms with van der Waals surface area (Å²) >= 11 is 9.71. The summed E-state index contributed by atoms with van der Waals surface area (Å²) in [5, 5.41) is 18.0. The summed E-state index contributed by atoms with van der Waals surface area (Å²) in [7, 11) is 1.85. The van der Waals surface area contributed by atoms with Crippen LogP contribution in [0.25, 0.3) is 11.3 Å². The zero-order valence-corrected chi connectivity index (χ0v) is 21.3. The number of piperidine rings is 1. The van der Waals surface area contributed by atoms with Gasteiger partial charge in [-0.15, -0.1) is 0 Å². The van der Waals surface area contributed by atoms with Crippen molar-refractivity contribution in [1.82, 2.24) is 14.7 Å². The number of ether oxygens (including phenoxy) is 1. The number of hydrogen-bond donors (Lipinski definition) is 2. The van der Waals surface area contributed by atoms with Gasteiger partial charge in [0.05, 0.1) is 16.4 Å². The third-order valence-corrected chi connectivity index (χ3v) is 6.88. The maximum atomic E-state index is 12.7. The fourth-order valence-electron chi connectivity index (χ4n) is 4.15. The molecule has 0 radical (unpaired) electrons. The molecule has 0 aliphatic carbocycles. The summed E-state index contributed by atoms with van der Waals surface area (Å²) < 4.78 is 8.75. The summed E-state index contributed by atoms with van der Waals surface area (Å²) in [6, 6.07) is 12.2. The van der Waals surface area contributed by atoms with Gasteiger partial charge in [-0.2, -0.15) is 5.10 Å². The van der Waals surface area contributed by atoms with Crippen LogP contribution in [-0.2, 0) is 11.8 Å². The van der Waals surface area contributed by atoms with Gasteiger partial charge in [0.1, 0.15) is 12.4 Å². The Morgan fingerprint density at radius 1 is 1.24 bits per heavy atom. The number of amides is 1. The van der Waals surface area contributed by atoms with Crippen molar-refractivity contribution < 1.29 is 14.6 Å². The van der Waals surface area contributed by atoms with Crippen LogP contribution < -0.4 is 10.1 Å². The van der Waals surface area contributed by atoms with Gasteiger partial charge in [0, 0.05) is 35.4 Å². The van der Waals surface area contributed by atoms with Crippen LogP contribution in [-0.4, -0.2) is 51.9 Å². The first-order valence-corrected chi connectivity index (χ1v) is 12.5. The zero-order chi connectivity index (χ0) is 24.1. The third kappa shape index (κ3) is 5.81. The molecular weight excluding hydrogens is 520 g/mol. The smallest absolute Gasteiger partial charge is 0.257 e. The van der Waals surface area contributed by atoms with E-state index in [-0.39, 0.29) is 0 Å². The lowest BCUT2D eigenvalue weighted by Gasteiger charge is -2.26. The van der Waals surface area contributed by atoms with Crippen LogP contribution in [0.1, 0.15) is 30.9 Å². The highest BCUT2D eigenvalue weighted by atomic mass is 79.9. The highest BCUT2D eigenvalue weighted by Gasteiger charge is 2.21. The number of aromatic nitrogens is 2. The number of anilines is 1. The minimum absolute atomic E-state index is 0.335. The molecule has 1 saturated heterocycles. The molecule has 3 aromatic rings. The van der Waals surface area contributed by atoms with E-state index in [2.05, 4.69) is 31.2 Å². The molecule has 7 nitrogen and oxygen atoms in total. The predicted molar refractivity (Wildman–Crippen MR) is 137 cm³/mol. The van der Waals surface area contributed by atoms with Crippen LogP contribution >= 0.6 is 27.5 Å². The summed E-state index contributed by atoms with van der Waals surface area (Å²) in [5.41, 5.74) is 2.50. The third-order valence-electron chi connectivity index (χ3n) is 5.96.